The molecule has 2 aromatic carbocycles. The van der Waals surface area contributed by atoms with Gasteiger partial charge in [0.05, 0.1) is 12.7 Å². The average molecular weight is 355 g/mol. The Hall–Kier alpha value is -2.49. The lowest BCUT2D eigenvalue weighted by Crippen LogP contribution is -2.22. The number of carbonyl (C=O) groups excluding carboxylic acids is 1. The van der Waals surface area contributed by atoms with Crippen LogP contribution in [0, 0.1) is 5.92 Å². The van der Waals surface area contributed by atoms with E-state index in [-0.39, 0.29) is 12.0 Å². The minimum Gasteiger partial charge on any atom is -0.494 e. The molecule has 1 N–H and O–H groups in total. The fourth-order valence-electron chi connectivity index (χ4n) is 2.38. The molecule has 4 heteroatoms. The highest BCUT2D eigenvalue weighted by molar-refractivity contribution is 5.94. The molecule has 0 atom stereocenters. The van der Waals surface area contributed by atoms with Gasteiger partial charge in [0, 0.05) is 12.1 Å². The molecule has 0 aromatic heterocycles. The minimum atomic E-state index is -0.109. The highest BCUT2D eigenvalue weighted by atomic mass is 16.5. The normalized spacial score (nSPS) is 10.8. The van der Waals surface area contributed by atoms with Gasteiger partial charge in [-0.3, -0.25) is 4.79 Å². The molecule has 0 aliphatic rings. The van der Waals surface area contributed by atoms with Crippen molar-refractivity contribution in [3.63, 3.8) is 0 Å². The first-order valence-corrected chi connectivity index (χ1v) is 9.20. The lowest BCUT2D eigenvalue weighted by Gasteiger charge is -2.11. The van der Waals surface area contributed by atoms with Gasteiger partial charge in [0.1, 0.15) is 11.5 Å². The highest BCUT2D eigenvalue weighted by Gasteiger charge is 2.07. The van der Waals surface area contributed by atoms with Gasteiger partial charge in [-0.2, -0.15) is 0 Å². The first-order valence-electron chi connectivity index (χ1n) is 9.20. The fraction of sp³-hybridized carbons (Fsp3) is 0.409. The van der Waals surface area contributed by atoms with E-state index in [9.17, 15) is 4.79 Å². The van der Waals surface area contributed by atoms with Gasteiger partial charge in [0.2, 0.25) is 0 Å². The van der Waals surface area contributed by atoms with Crippen molar-refractivity contribution >= 4 is 5.91 Å². The number of rotatable bonds is 9. The molecule has 1 amide bonds. The van der Waals surface area contributed by atoms with Gasteiger partial charge in [-0.25, -0.2) is 0 Å². The molecule has 2 rings (SSSR count). The summed E-state index contributed by atoms with van der Waals surface area (Å²) in [6.07, 6.45) is 1.14. The molecule has 2 aromatic rings. The zero-order valence-electron chi connectivity index (χ0n) is 16.1. The average Bonchev–Trinajstić information content (AvgIpc) is 2.60. The third kappa shape index (κ3) is 6.79. The van der Waals surface area contributed by atoms with Crippen LogP contribution in [0.25, 0.3) is 0 Å². The maximum atomic E-state index is 12.4. The van der Waals surface area contributed by atoms with Gasteiger partial charge in [0.25, 0.3) is 5.91 Å². The van der Waals surface area contributed by atoms with E-state index in [2.05, 4.69) is 19.2 Å². The van der Waals surface area contributed by atoms with Crippen molar-refractivity contribution in [2.45, 2.75) is 46.8 Å². The number of carbonyl (C=O) groups is 1. The van der Waals surface area contributed by atoms with Crippen molar-refractivity contribution in [1.29, 1.82) is 0 Å². The predicted molar refractivity (Wildman–Crippen MR) is 105 cm³/mol. The summed E-state index contributed by atoms with van der Waals surface area (Å²) in [5, 5.41) is 2.94. The largest absolute Gasteiger partial charge is 0.494 e. The lowest BCUT2D eigenvalue weighted by atomic mass is 10.1. The molecular formula is C22H29NO3. The summed E-state index contributed by atoms with van der Waals surface area (Å²) < 4.78 is 11.3. The Balaban J connectivity index is 1.87. The van der Waals surface area contributed by atoms with Crippen LogP contribution in [0.1, 0.15) is 50.0 Å². The molecule has 0 aliphatic heterocycles. The van der Waals surface area contributed by atoms with E-state index in [0.717, 1.165) is 23.5 Å². The van der Waals surface area contributed by atoms with Crippen LogP contribution < -0.4 is 14.8 Å². The summed E-state index contributed by atoms with van der Waals surface area (Å²) in [6, 6.07) is 15.1. The smallest absolute Gasteiger partial charge is 0.251 e. The van der Waals surface area contributed by atoms with Crippen molar-refractivity contribution in [3.05, 3.63) is 59.7 Å². The number of nitrogens with one attached hydrogen (secondary N) is 1. The molecule has 0 saturated carbocycles. The summed E-state index contributed by atoms with van der Waals surface area (Å²) in [7, 11) is 0. The lowest BCUT2D eigenvalue weighted by molar-refractivity contribution is 0.0950. The number of hydrogen-bond donors (Lipinski definition) is 1. The van der Waals surface area contributed by atoms with E-state index in [1.54, 1.807) is 12.1 Å². The Labute approximate surface area is 156 Å². The maximum Gasteiger partial charge on any atom is 0.251 e. The molecule has 26 heavy (non-hydrogen) atoms. The highest BCUT2D eigenvalue weighted by Crippen LogP contribution is 2.16. The zero-order chi connectivity index (χ0) is 18.9. The van der Waals surface area contributed by atoms with Crippen LogP contribution in [0.5, 0.6) is 11.5 Å². The molecule has 0 bridgehead atoms. The summed E-state index contributed by atoms with van der Waals surface area (Å²) >= 11 is 0. The molecular weight excluding hydrogens is 326 g/mol. The Kier molecular flexibility index (Phi) is 7.52. The molecule has 0 unspecified atom stereocenters. The van der Waals surface area contributed by atoms with Crippen molar-refractivity contribution in [1.82, 2.24) is 5.32 Å². The van der Waals surface area contributed by atoms with Crippen LogP contribution in [0.4, 0.5) is 0 Å². The van der Waals surface area contributed by atoms with Gasteiger partial charge in [-0.15, -0.1) is 0 Å². The van der Waals surface area contributed by atoms with Gasteiger partial charge >= 0.3 is 0 Å². The standard InChI is InChI=1S/C22H29NO3/c1-16(2)12-13-25-21-7-5-6-19(14-21)22(24)23-15-18-8-10-20(11-9-18)26-17(3)4/h5-11,14,16-17H,12-13,15H2,1-4H3,(H,23,24). The predicted octanol–water partition coefficient (Wildman–Crippen LogP) is 4.83. The van der Waals surface area contributed by atoms with E-state index >= 15 is 0 Å². The van der Waals surface area contributed by atoms with Crippen LogP contribution in [0.15, 0.2) is 48.5 Å². The first kappa shape index (κ1) is 19.8. The molecule has 0 spiro atoms. The molecule has 0 aliphatic carbocycles. The summed E-state index contributed by atoms with van der Waals surface area (Å²) in [4.78, 5) is 12.4. The second-order valence-corrected chi connectivity index (χ2v) is 7.05. The van der Waals surface area contributed by atoms with Gasteiger partial charge < -0.3 is 14.8 Å². The molecule has 4 nitrogen and oxygen atoms in total. The van der Waals surface area contributed by atoms with Crippen LogP contribution in [0.2, 0.25) is 0 Å². The van der Waals surface area contributed by atoms with Gasteiger partial charge in [-0.05, 0) is 62.1 Å². The summed E-state index contributed by atoms with van der Waals surface area (Å²) in [5.41, 5.74) is 1.63. The third-order valence-electron chi connectivity index (χ3n) is 3.81. The second kappa shape index (κ2) is 9.85. The molecule has 140 valence electrons. The quantitative estimate of drug-likeness (QED) is 0.701. The molecule has 0 saturated heterocycles. The molecule has 0 radical (unpaired) electrons. The topological polar surface area (TPSA) is 47.6 Å². The second-order valence-electron chi connectivity index (χ2n) is 7.05. The van der Waals surface area contributed by atoms with Gasteiger partial charge in [0.15, 0.2) is 0 Å². The van der Waals surface area contributed by atoms with Crippen LogP contribution in [-0.4, -0.2) is 18.6 Å². The Morgan fingerprint density at radius 3 is 2.38 bits per heavy atom. The van der Waals surface area contributed by atoms with E-state index in [4.69, 9.17) is 9.47 Å². The fourth-order valence-corrected chi connectivity index (χ4v) is 2.38. The monoisotopic (exact) mass is 355 g/mol. The molecule has 0 heterocycles. The van der Waals surface area contributed by atoms with E-state index < -0.39 is 0 Å². The first-order chi connectivity index (χ1) is 12.4. The van der Waals surface area contributed by atoms with Crippen LogP contribution in [0.3, 0.4) is 0 Å². The number of ether oxygens (including phenoxy) is 2. The summed E-state index contributed by atoms with van der Waals surface area (Å²) in [5.74, 6) is 2.05. The van der Waals surface area contributed by atoms with E-state index in [1.165, 1.54) is 0 Å². The third-order valence-corrected chi connectivity index (χ3v) is 3.81. The van der Waals surface area contributed by atoms with Crippen LogP contribution >= 0.6 is 0 Å². The van der Waals surface area contributed by atoms with Gasteiger partial charge in [-0.1, -0.05) is 32.0 Å². The van der Waals surface area contributed by atoms with E-state index in [0.29, 0.717) is 24.6 Å². The van der Waals surface area contributed by atoms with E-state index in [1.807, 2.05) is 50.2 Å². The van der Waals surface area contributed by atoms with Crippen molar-refractivity contribution in [3.8, 4) is 11.5 Å². The molecule has 0 fully saturated rings. The maximum absolute atomic E-state index is 12.4. The Morgan fingerprint density at radius 1 is 1.00 bits per heavy atom. The number of hydrogen-bond acceptors (Lipinski definition) is 3. The minimum absolute atomic E-state index is 0.109. The van der Waals surface area contributed by atoms with Crippen molar-refractivity contribution in [2.24, 2.45) is 5.92 Å². The SMILES string of the molecule is CC(C)CCOc1cccc(C(=O)NCc2ccc(OC(C)C)cc2)c1. The zero-order valence-corrected chi connectivity index (χ0v) is 16.1. The Bertz CT molecular complexity index is 693. The number of benzene rings is 2. The summed E-state index contributed by atoms with van der Waals surface area (Å²) in [6.45, 7) is 9.44. The number of amides is 1. The van der Waals surface area contributed by atoms with Crippen molar-refractivity contribution in [2.75, 3.05) is 6.61 Å². The van der Waals surface area contributed by atoms with Crippen LogP contribution in [-0.2, 0) is 6.54 Å². The Morgan fingerprint density at radius 2 is 1.73 bits per heavy atom. The van der Waals surface area contributed by atoms with Crippen molar-refractivity contribution < 1.29 is 14.3 Å².